The minimum Gasteiger partial charge on any atom is -0.334 e. The molecule has 1 aliphatic rings. The molecule has 1 fully saturated rings. The van der Waals surface area contributed by atoms with E-state index in [0.29, 0.717) is 18.8 Å². The van der Waals surface area contributed by atoms with Crippen molar-refractivity contribution in [3.05, 3.63) is 28.2 Å². The summed E-state index contributed by atoms with van der Waals surface area (Å²) < 4.78 is 0.951. The first-order valence-electron chi connectivity index (χ1n) is 6.94. The zero-order chi connectivity index (χ0) is 14.5. The third kappa shape index (κ3) is 3.82. The number of amides is 2. The van der Waals surface area contributed by atoms with E-state index in [1.54, 1.807) is 11.0 Å². The SMILES string of the molecule is Cc1cc(Br)ccc1NC(=O)C(=O)N1CCCCCC1. The highest BCUT2D eigenvalue weighted by molar-refractivity contribution is 9.10. The molecule has 1 saturated heterocycles. The van der Waals surface area contributed by atoms with Crippen LogP contribution in [0.3, 0.4) is 0 Å². The lowest BCUT2D eigenvalue weighted by molar-refractivity contribution is -0.143. The number of nitrogens with one attached hydrogen (secondary N) is 1. The summed E-state index contributed by atoms with van der Waals surface area (Å²) >= 11 is 3.37. The van der Waals surface area contributed by atoms with Gasteiger partial charge in [-0.3, -0.25) is 9.59 Å². The number of hydrogen-bond donors (Lipinski definition) is 1. The lowest BCUT2D eigenvalue weighted by Gasteiger charge is -2.19. The summed E-state index contributed by atoms with van der Waals surface area (Å²) in [5.41, 5.74) is 1.61. The highest BCUT2D eigenvalue weighted by Crippen LogP contribution is 2.20. The summed E-state index contributed by atoms with van der Waals surface area (Å²) in [7, 11) is 0. The highest BCUT2D eigenvalue weighted by Gasteiger charge is 2.22. The van der Waals surface area contributed by atoms with Crippen molar-refractivity contribution in [2.24, 2.45) is 0 Å². The summed E-state index contributed by atoms with van der Waals surface area (Å²) in [5.74, 6) is -0.966. The van der Waals surface area contributed by atoms with Gasteiger partial charge in [0.15, 0.2) is 0 Å². The molecular weight excluding hydrogens is 320 g/mol. The van der Waals surface area contributed by atoms with Crippen LogP contribution in [0.25, 0.3) is 0 Å². The van der Waals surface area contributed by atoms with Gasteiger partial charge in [0, 0.05) is 23.2 Å². The Labute approximate surface area is 127 Å². The van der Waals surface area contributed by atoms with E-state index in [1.165, 1.54) is 0 Å². The van der Waals surface area contributed by atoms with Crippen LogP contribution in [0.1, 0.15) is 31.2 Å². The van der Waals surface area contributed by atoms with E-state index in [-0.39, 0.29) is 0 Å². The van der Waals surface area contributed by atoms with Gasteiger partial charge in [-0.05, 0) is 43.5 Å². The van der Waals surface area contributed by atoms with E-state index in [2.05, 4.69) is 21.2 Å². The predicted octanol–water partition coefficient (Wildman–Crippen LogP) is 3.10. The number of carbonyl (C=O) groups is 2. The minimum atomic E-state index is -0.544. The quantitative estimate of drug-likeness (QED) is 0.800. The Bertz CT molecular complexity index is 509. The van der Waals surface area contributed by atoms with E-state index < -0.39 is 11.8 Å². The lowest BCUT2D eigenvalue weighted by atomic mass is 10.2. The summed E-state index contributed by atoms with van der Waals surface area (Å²) in [6, 6.07) is 5.55. The molecule has 20 heavy (non-hydrogen) atoms. The monoisotopic (exact) mass is 338 g/mol. The second-order valence-electron chi connectivity index (χ2n) is 5.12. The van der Waals surface area contributed by atoms with Gasteiger partial charge >= 0.3 is 11.8 Å². The summed E-state index contributed by atoms with van der Waals surface area (Å²) in [5, 5.41) is 2.70. The molecule has 0 spiro atoms. The molecular formula is C15H19BrN2O2. The van der Waals surface area contributed by atoms with E-state index in [0.717, 1.165) is 35.7 Å². The lowest BCUT2D eigenvalue weighted by Crippen LogP contribution is -2.40. The van der Waals surface area contributed by atoms with Gasteiger partial charge in [-0.25, -0.2) is 0 Å². The second kappa shape index (κ2) is 6.88. The molecule has 1 N–H and O–H groups in total. The normalized spacial score (nSPS) is 15.6. The average Bonchev–Trinajstić information content (AvgIpc) is 2.70. The number of anilines is 1. The number of rotatable bonds is 1. The van der Waals surface area contributed by atoms with Crippen LogP contribution in [0.15, 0.2) is 22.7 Å². The standard InChI is InChI=1S/C15H19BrN2O2/c1-11-10-12(16)6-7-13(11)17-14(19)15(20)18-8-4-2-3-5-9-18/h6-7,10H,2-5,8-9H2,1H3,(H,17,19). The van der Waals surface area contributed by atoms with Gasteiger partial charge in [0.25, 0.3) is 0 Å². The molecule has 5 heteroatoms. The van der Waals surface area contributed by atoms with Crippen molar-refractivity contribution >= 4 is 33.4 Å². The zero-order valence-corrected chi connectivity index (χ0v) is 13.2. The van der Waals surface area contributed by atoms with E-state index >= 15 is 0 Å². The van der Waals surface area contributed by atoms with Crippen LogP contribution in [0.4, 0.5) is 5.69 Å². The number of likely N-dealkylation sites (tertiary alicyclic amines) is 1. The molecule has 0 radical (unpaired) electrons. The van der Waals surface area contributed by atoms with Crippen molar-refractivity contribution in [1.29, 1.82) is 0 Å². The fourth-order valence-corrected chi connectivity index (χ4v) is 2.84. The maximum absolute atomic E-state index is 12.1. The van der Waals surface area contributed by atoms with E-state index in [1.807, 2.05) is 19.1 Å². The highest BCUT2D eigenvalue weighted by atomic mass is 79.9. The Morgan fingerprint density at radius 2 is 1.80 bits per heavy atom. The van der Waals surface area contributed by atoms with Crippen molar-refractivity contribution in [1.82, 2.24) is 4.90 Å². The Morgan fingerprint density at radius 1 is 1.15 bits per heavy atom. The fraction of sp³-hybridized carbons (Fsp3) is 0.467. The zero-order valence-electron chi connectivity index (χ0n) is 11.6. The van der Waals surface area contributed by atoms with Gasteiger partial charge in [0.1, 0.15) is 0 Å². The molecule has 1 aromatic rings. The largest absolute Gasteiger partial charge is 0.334 e. The van der Waals surface area contributed by atoms with Crippen molar-refractivity contribution in [2.45, 2.75) is 32.6 Å². The first-order chi connectivity index (χ1) is 9.58. The van der Waals surface area contributed by atoms with Gasteiger partial charge < -0.3 is 10.2 Å². The van der Waals surface area contributed by atoms with E-state index in [4.69, 9.17) is 0 Å². The van der Waals surface area contributed by atoms with Gasteiger partial charge in [-0.2, -0.15) is 0 Å². The molecule has 1 heterocycles. The predicted molar refractivity (Wildman–Crippen MR) is 82.6 cm³/mol. The minimum absolute atomic E-state index is 0.422. The molecule has 108 valence electrons. The van der Waals surface area contributed by atoms with Gasteiger partial charge in [0.05, 0.1) is 0 Å². The smallest absolute Gasteiger partial charge is 0.313 e. The van der Waals surface area contributed by atoms with Crippen LogP contribution >= 0.6 is 15.9 Å². The summed E-state index contributed by atoms with van der Waals surface area (Å²) in [6.45, 7) is 3.27. The number of aryl methyl sites for hydroxylation is 1. The van der Waals surface area contributed by atoms with Crippen LogP contribution in [-0.4, -0.2) is 29.8 Å². The first kappa shape index (κ1) is 15.0. The van der Waals surface area contributed by atoms with Crippen molar-refractivity contribution in [3.63, 3.8) is 0 Å². The van der Waals surface area contributed by atoms with Crippen molar-refractivity contribution < 1.29 is 9.59 Å². The molecule has 0 aliphatic carbocycles. The van der Waals surface area contributed by atoms with Crippen LogP contribution < -0.4 is 5.32 Å². The van der Waals surface area contributed by atoms with Gasteiger partial charge in [-0.1, -0.05) is 28.8 Å². The van der Waals surface area contributed by atoms with Crippen LogP contribution in [0.2, 0.25) is 0 Å². The molecule has 0 aromatic heterocycles. The Hall–Kier alpha value is -1.36. The fourth-order valence-electron chi connectivity index (χ4n) is 2.36. The maximum atomic E-state index is 12.1. The van der Waals surface area contributed by atoms with Crippen LogP contribution in [0.5, 0.6) is 0 Å². The number of benzene rings is 1. The Balaban J connectivity index is 2.01. The molecule has 4 nitrogen and oxygen atoms in total. The number of carbonyl (C=O) groups excluding carboxylic acids is 2. The summed E-state index contributed by atoms with van der Waals surface area (Å²) in [4.78, 5) is 25.8. The third-order valence-electron chi connectivity index (χ3n) is 3.52. The Morgan fingerprint density at radius 3 is 2.40 bits per heavy atom. The van der Waals surface area contributed by atoms with Crippen molar-refractivity contribution in [2.75, 3.05) is 18.4 Å². The number of halogens is 1. The third-order valence-corrected chi connectivity index (χ3v) is 4.02. The molecule has 2 rings (SSSR count). The maximum Gasteiger partial charge on any atom is 0.313 e. The molecule has 0 unspecified atom stereocenters. The van der Waals surface area contributed by atoms with E-state index in [9.17, 15) is 9.59 Å². The van der Waals surface area contributed by atoms with Crippen molar-refractivity contribution in [3.8, 4) is 0 Å². The molecule has 1 aromatic carbocycles. The average molecular weight is 339 g/mol. The van der Waals surface area contributed by atoms with Crippen LogP contribution in [0, 0.1) is 6.92 Å². The molecule has 0 atom stereocenters. The molecule has 0 bridgehead atoms. The summed E-state index contributed by atoms with van der Waals surface area (Å²) in [6.07, 6.45) is 4.24. The second-order valence-corrected chi connectivity index (χ2v) is 6.04. The molecule has 0 saturated carbocycles. The first-order valence-corrected chi connectivity index (χ1v) is 7.73. The molecule has 2 amide bonds. The van der Waals surface area contributed by atoms with Crippen LogP contribution in [-0.2, 0) is 9.59 Å². The number of nitrogens with zero attached hydrogens (tertiary/aromatic N) is 1. The van der Waals surface area contributed by atoms with Gasteiger partial charge in [0.2, 0.25) is 0 Å². The van der Waals surface area contributed by atoms with Gasteiger partial charge in [-0.15, -0.1) is 0 Å². The Kier molecular flexibility index (Phi) is 5.17. The number of hydrogen-bond acceptors (Lipinski definition) is 2. The molecule has 1 aliphatic heterocycles. The topological polar surface area (TPSA) is 49.4 Å².